The molecule has 29 heavy (non-hydrogen) atoms. The van der Waals surface area contributed by atoms with Crippen LogP contribution >= 0.6 is 11.6 Å². The van der Waals surface area contributed by atoms with Crippen LogP contribution in [0.3, 0.4) is 0 Å². The summed E-state index contributed by atoms with van der Waals surface area (Å²) < 4.78 is 12.7. The number of halogens is 1. The number of nitrogens with zero attached hydrogens (tertiary/aromatic N) is 4. The highest BCUT2D eigenvalue weighted by Gasteiger charge is 2.18. The fourth-order valence-corrected chi connectivity index (χ4v) is 3.57. The number of fused-ring (bicyclic) bond motifs is 3. The molecule has 0 atom stereocenters. The van der Waals surface area contributed by atoms with Crippen molar-refractivity contribution in [3.8, 4) is 11.5 Å². The molecule has 0 saturated carbocycles. The smallest absolute Gasteiger partial charge is 0.163 e. The number of para-hydroxylation sites is 1. The molecule has 0 amide bonds. The number of benzene rings is 2. The Labute approximate surface area is 171 Å². The molecule has 2 aromatic carbocycles. The Kier molecular flexibility index (Phi) is 4.94. The molecule has 1 N–H and O–H groups in total. The number of aromatic nitrogens is 3. The van der Waals surface area contributed by atoms with Gasteiger partial charge in [0.05, 0.1) is 42.2 Å². The van der Waals surface area contributed by atoms with Gasteiger partial charge in [-0.1, -0.05) is 28.9 Å². The molecule has 0 aliphatic carbocycles. The zero-order valence-electron chi connectivity index (χ0n) is 16.1. The highest BCUT2D eigenvalue weighted by atomic mass is 35.5. The van der Waals surface area contributed by atoms with Crippen LogP contribution in [0.1, 0.15) is 11.4 Å². The zero-order valence-corrected chi connectivity index (χ0v) is 16.8. The number of ether oxygens (including phenoxy) is 2. The van der Waals surface area contributed by atoms with Gasteiger partial charge in [-0.05, 0) is 18.6 Å². The van der Waals surface area contributed by atoms with Gasteiger partial charge in [0.1, 0.15) is 17.9 Å². The van der Waals surface area contributed by atoms with E-state index in [2.05, 4.69) is 15.5 Å². The summed E-state index contributed by atoms with van der Waals surface area (Å²) in [4.78, 5) is 20.1. The number of rotatable bonds is 6. The molecule has 2 aromatic heterocycles. The van der Waals surface area contributed by atoms with Gasteiger partial charge in [-0.15, -0.1) is 0 Å². The number of hydrogen-bond acceptors (Lipinski definition) is 7. The van der Waals surface area contributed by atoms with E-state index in [1.165, 1.54) is 0 Å². The molecule has 0 unspecified atom stereocenters. The Morgan fingerprint density at radius 3 is 2.62 bits per heavy atom. The van der Waals surface area contributed by atoms with Crippen molar-refractivity contribution in [2.75, 3.05) is 19.5 Å². The number of nitroso groups, excluding NO2 is 1. The molecule has 0 aliphatic heterocycles. The maximum absolute atomic E-state index is 10.9. The van der Waals surface area contributed by atoms with E-state index < -0.39 is 0 Å². The molecule has 2 heterocycles. The largest absolute Gasteiger partial charge is 0.493 e. The van der Waals surface area contributed by atoms with Crippen molar-refractivity contribution in [3.63, 3.8) is 0 Å². The highest BCUT2D eigenvalue weighted by Crippen LogP contribution is 2.36. The number of hydrogen-bond donors (Lipinski definition) is 1. The Hall–Kier alpha value is -3.39. The number of nitrogens with one attached hydrogen (secondary N) is 1. The average molecular weight is 412 g/mol. The van der Waals surface area contributed by atoms with Crippen LogP contribution in [0, 0.1) is 11.8 Å². The van der Waals surface area contributed by atoms with Gasteiger partial charge in [-0.25, -0.2) is 9.97 Å². The lowest BCUT2D eigenvalue weighted by atomic mass is 10.2. The van der Waals surface area contributed by atoms with E-state index in [0.29, 0.717) is 39.2 Å². The molecule has 8 nitrogen and oxygen atoms in total. The lowest BCUT2D eigenvalue weighted by molar-refractivity contribution is 0.355. The minimum atomic E-state index is -0.0772. The summed E-state index contributed by atoms with van der Waals surface area (Å²) in [6, 6.07) is 9.22. The predicted octanol–water partition coefficient (Wildman–Crippen LogP) is 4.87. The van der Waals surface area contributed by atoms with Gasteiger partial charge in [0.2, 0.25) is 0 Å². The Balaban J connectivity index is 2.02. The molecular formula is C20H18ClN5O3. The first kappa shape index (κ1) is 18.9. The summed E-state index contributed by atoms with van der Waals surface area (Å²) in [7, 11) is 3.12. The molecule has 9 heteroatoms. The van der Waals surface area contributed by atoms with Crippen LogP contribution in [-0.4, -0.2) is 28.6 Å². The van der Waals surface area contributed by atoms with E-state index in [9.17, 15) is 4.91 Å². The van der Waals surface area contributed by atoms with E-state index >= 15 is 0 Å². The van der Waals surface area contributed by atoms with Gasteiger partial charge in [0, 0.05) is 12.1 Å². The maximum Gasteiger partial charge on any atom is 0.163 e. The number of anilines is 2. The van der Waals surface area contributed by atoms with E-state index in [-0.39, 0.29) is 6.54 Å². The molecule has 0 bridgehead atoms. The molecule has 4 aromatic rings. The van der Waals surface area contributed by atoms with E-state index in [1.54, 1.807) is 38.6 Å². The Bertz CT molecular complexity index is 1220. The topological polar surface area (TPSA) is 90.1 Å². The minimum absolute atomic E-state index is 0.0772. The summed E-state index contributed by atoms with van der Waals surface area (Å²) in [6.07, 6.45) is 1.65. The quantitative estimate of drug-likeness (QED) is 0.455. The molecule has 0 saturated heterocycles. The van der Waals surface area contributed by atoms with Gasteiger partial charge in [0.15, 0.2) is 17.3 Å². The second kappa shape index (κ2) is 7.56. The molecular weight excluding hydrogens is 394 g/mol. The van der Waals surface area contributed by atoms with Crippen molar-refractivity contribution >= 4 is 39.7 Å². The first-order valence-corrected chi connectivity index (χ1v) is 9.18. The van der Waals surface area contributed by atoms with E-state index in [1.807, 2.05) is 23.5 Å². The van der Waals surface area contributed by atoms with Crippen molar-refractivity contribution in [3.05, 3.63) is 57.8 Å². The monoisotopic (exact) mass is 411 g/mol. The Morgan fingerprint density at radius 1 is 1.17 bits per heavy atom. The van der Waals surface area contributed by atoms with Gasteiger partial charge in [-0.3, -0.25) is 4.40 Å². The number of imidazole rings is 1. The van der Waals surface area contributed by atoms with E-state index in [0.717, 1.165) is 16.8 Å². The fraction of sp³-hybridized carbons (Fsp3) is 0.200. The number of aryl methyl sites for hydroxylation is 1. The molecule has 0 aliphatic rings. The first-order valence-electron chi connectivity index (χ1n) is 8.80. The summed E-state index contributed by atoms with van der Waals surface area (Å²) in [5.41, 5.74) is 3.75. The molecule has 148 valence electrons. The molecule has 0 radical (unpaired) electrons. The standard InChI is InChI=1S/C20H18ClN5O3/c1-11-5-4-6-12(21)19(11)25-20-15-9-22-18(10-23-27)26(15)14-8-17(29-3)16(28-2)7-13(14)24-20/h4-9H,10H2,1-3H3,(H,24,25). The van der Waals surface area contributed by atoms with Crippen molar-refractivity contribution in [2.24, 2.45) is 5.18 Å². The third-order valence-corrected chi connectivity index (χ3v) is 5.02. The second-order valence-corrected chi connectivity index (χ2v) is 6.80. The van der Waals surface area contributed by atoms with Gasteiger partial charge in [-0.2, -0.15) is 4.91 Å². The zero-order chi connectivity index (χ0) is 20.5. The van der Waals surface area contributed by atoms with Crippen LogP contribution < -0.4 is 14.8 Å². The van der Waals surface area contributed by atoms with Crippen LogP contribution in [0.5, 0.6) is 11.5 Å². The van der Waals surface area contributed by atoms with Crippen LogP contribution in [0.15, 0.2) is 41.7 Å². The normalized spacial score (nSPS) is 11.0. The van der Waals surface area contributed by atoms with Gasteiger partial charge >= 0.3 is 0 Å². The minimum Gasteiger partial charge on any atom is -0.493 e. The van der Waals surface area contributed by atoms with Crippen LogP contribution in [0.2, 0.25) is 5.02 Å². The van der Waals surface area contributed by atoms with Crippen LogP contribution in [-0.2, 0) is 6.54 Å². The maximum atomic E-state index is 10.9. The highest BCUT2D eigenvalue weighted by molar-refractivity contribution is 6.33. The van der Waals surface area contributed by atoms with Crippen LogP contribution in [0.25, 0.3) is 16.6 Å². The second-order valence-electron chi connectivity index (χ2n) is 6.40. The SMILES string of the molecule is COc1cc2nc(Nc3c(C)cccc3Cl)c3cnc(CN=O)n3c2cc1OC. The van der Waals surface area contributed by atoms with Crippen molar-refractivity contribution in [1.29, 1.82) is 0 Å². The molecule has 4 rings (SSSR count). The fourth-order valence-electron chi connectivity index (χ4n) is 3.30. The molecule has 0 spiro atoms. The third-order valence-electron chi connectivity index (χ3n) is 4.70. The third kappa shape index (κ3) is 3.21. The Morgan fingerprint density at radius 2 is 1.93 bits per heavy atom. The summed E-state index contributed by atoms with van der Waals surface area (Å²) >= 11 is 6.39. The lowest BCUT2D eigenvalue weighted by Gasteiger charge is -2.15. The van der Waals surface area contributed by atoms with Crippen molar-refractivity contribution < 1.29 is 9.47 Å². The van der Waals surface area contributed by atoms with Gasteiger partial charge < -0.3 is 14.8 Å². The van der Waals surface area contributed by atoms with Crippen molar-refractivity contribution in [1.82, 2.24) is 14.4 Å². The first-order chi connectivity index (χ1) is 14.1. The average Bonchev–Trinajstić information content (AvgIpc) is 3.14. The summed E-state index contributed by atoms with van der Waals surface area (Å²) in [5, 5.41) is 6.89. The number of methoxy groups -OCH3 is 2. The van der Waals surface area contributed by atoms with Crippen molar-refractivity contribution in [2.45, 2.75) is 13.5 Å². The van der Waals surface area contributed by atoms with Crippen LogP contribution in [0.4, 0.5) is 11.5 Å². The van der Waals surface area contributed by atoms with E-state index in [4.69, 9.17) is 26.1 Å². The predicted molar refractivity (Wildman–Crippen MR) is 113 cm³/mol. The van der Waals surface area contributed by atoms with Gasteiger partial charge in [0.25, 0.3) is 0 Å². The summed E-state index contributed by atoms with van der Waals surface area (Å²) in [6.45, 7) is 1.88. The lowest BCUT2D eigenvalue weighted by Crippen LogP contribution is -2.04. The summed E-state index contributed by atoms with van der Waals surface area (Å²) in [5.74, 6) is 2.13. The molecule has 0 fully saturated rings.